The van der Waals surface area contributed by atoms with Crippen LogP contribution in [0, 0.1) is 6.92 Å². The maximum atomic E-state index is 11.7. The van der Waals surface area contributed by atoms with Crippen LogP contribution in [0.5, 0.6) is 11.5 Å². The molecular weight excluding hydrogens is 268 g/mol. The molecule has 2 aromatic rings. The first kappa shape index (κ1) is 14.7. The van der Waals surface area contributed by atoms with Gasteiger partial charge in [-0.3, -0.25) is 4.79 Å². The SMILES string of the molecule is COc1cc(C(Nc2ccc(C)cc2)C(N)=O)ccc1O. The summed E-state index contributed by atoms with van der Waals surface area (Å²) < 4.78 is 5.05. The smallest absolute Gasteiger partial charge is 0.244 e. The quantitative estimate of drug-likeness (QED) is 0.787. The van der Waals surface area contributed by atoms with Gasteiger partial charge in [0.2, 0.25) is 5.91 Å². The molecule has 0 aromatic heterocycles. The molecule has 5 nitrogen and oxygen atoms in total. The molecule has 0 aliphatic heterocycles. The lowest BCUT2D eigenvalue weighted by molar-refractivity contribution is -0.118. The molecule has 4 N–H and O–H groups in total. The van der Waals surface area contributed by atoms with Crippen molar-refractivity contribution in [3.8, 4) is 11.5 Å². The molecule has 0 saturated carbocycles. The van der Waals surface area contributed by atoms with E-state index < -0.39 is 11.9 Å². The predicted octanol–water partition coefficient (Wildman–Crippen LogP) is 2.35. The van der Waals surface area contributed by atoms with Crippen LogP contribution >= 0.6 is 0 Å². The number of methoxy groups -OCH3 is 1. The lowest BCUT2D eigenvalue weighted by atomic mass is 10.0. The number of nitrogens with one attached hydrogen (secondary N) is 1. The minimum Gasteiger partial charge on any atom is -0.504 e. The van der Waals surface area contributed by atoms with Crippen molar-refractivity contribution in [2.24, 2.45) is 5.73 Å². The van der Waals surface area contributed by atoms with Gasteiger partial charge in [0.15, 0.2) is 11.5 Å². The van der Waals surface area contributed by atoms with E-state index in [1.807, 2.05) is 31.2 Å². The van der Waals surface area contributed by atoms with Gasteiger partial charge in [0.1, 0.15) is 6.04 Å². The molecular formula is C16H18N2O3. The monoisotopic (exact) mass is 286 g/mol. The third kappa shape index (κ3) is 3.45. The number of carbonyl (C=O) groups is 1. The number of hydrogen-bond donors (Lipinski definition) is 3. The molecule has 110 valence electrons. The average molecular weight is 286 g/mol. The number of primary amides is 1. The fourth-order valence-electron chi connectivity index (χ4n) is 2.01. The zero-order valence-corrected chi connectivity index (χ0v) is 12.0. The lowest BCUT2D eigenvalue weighted by Gasteiger charge is -2.18. The van der Waals surface area contributed by atoms with E-state index in [-0.39, 0.29) is 5.75 Å². The maximum Gasteiger partial charge on any atom is 0.244 e. The molecule has 0 bridgehead atoms. The van der Waals surface area contributed by atoms with Crippen molar-refractivity contribution in [1.82, 2.24) is 0 Å². The summed E-state index contributed by atoms with van der Waals surface area (Å²) in [6, 6.07) is 11.6. The first-order valence-electron chi connectivity index (χ1n) is 6.50. The van der Waals surface area contributed by atoms with E-state index in [1.54, 1.807) is 12.1 Å². The van der Waals surface area contributed by atoms with E-state index in [9.17, 15) is 9.90 Å². The summed E-state index contributed by atoms with van der Waals surface area (Å²) in [6.45, 7) is 1.99. The number of aryl methyl sites for hydroxylation is 1. The zero-order chi connectivity index (χ0) is 15.4. The Morgan fingerprint density at radius 3 is 2.48 bits per heavy atom. The highest BCUT2D eigenvalue weighted by Gasteiger charge is 2.19. The van der Waals surface area contributed by atoms with Crippen molar-refractivity contribution < 1.29 is 14.6 Å². The van der Waals surface area contributed by atoms with Crippen LogP contribution in [0.4, 0.5) is 5.69 Å². The van der Waals surface area contributed by atoms with Gasteiger partial charge in [-0.25, -0.2) is 0 Å². The second kappa shape index (κ2) is 6.17. The van der Waals surface area contributed by atoms with Crippen LogP contribution in [0.25, 0.3) is 0 Å². The number of amides is 1. The largest absolute Gasteiger partial charge is 0.504 e. The molecule has 0 aliphatic carbocycles. The van der Waals surface area contributed by atoms with Crippen molar-refractivity contribution in [1.29, 1.82) is 0 Å². The number of aromatic hydroxyl groups is 1. The molecule has 21 heavy (non-hydrogen) atoms. The Balaban J connectivity index is 2.30. The van der Waals surface area contributed by atoms with Crippen molar-refractivity contribution in [3.63, 3.8) is 0 Å². The van der Waals surface area contributed by atoms with Crippen molar-refractivity contribution in [2.75, 3.05) is 12.4 Å². The summed E-state index contributed by atoms with van der Waals surface area (Å²) in [4.78, 5) is 11.7. The number of rotatable bonds is 5. The van der Waals surface area contributed by atoms with Gasteiger partial charge >= 0.3 is 0 Å². The first-order valence-corrected chi connectivity index (χ1v) is 6.50. The van der Waals surface area contributed by atoms with Gasteiger partial charge in [-0.1, -0.05) is 23.8 Å². The number of nitrogens with two attached hydrogens (primary N) is 1. The average Bonchev–Trinajstić information content (AvgIpc) is 2.47. The second-order valence-electron chi connectivity index (χ2n) is 4.78. The second-order valence-corrected chi connectivity index (χ2v) is 4.78. The number of carbonyl (C=O) groups excluding carboxylic acids is 1. The maximum absolute atomic E-state index is 11.7. The fraction of sp³-hybridized carbons (Fsp3) is 0.188. The molecule has 0 heterocycles. The van der Waals surface area contributed by atoms with Gasteiger partial charge in [0.25, 0.3) is 0 Å². The molecule has 0 radical (unpaired) electrons. The molecule has 0 saturated heterocycles. The standard InChI is InChI=1S/C16H18N2O3/c1-10-3-6-12(7-4-10)18-15(16(17)20)11-5-8-13(19)14(9-11)21-2/h3-9,15,18-19H,1-2H3,(H2,17,20). The Kier molecular flexibility index (Phi) is 4.33. The van der Waals surface area contributed by atoms with Crippen LogP contribution in [0.3, 0.4) is 0 Å². The normalized spacial score (nSPS) is 11.7. The van der Waals surface area contributed by atoms with Crippen LogP contribution in [0.2, 0.25) is 0 Å². The molecule has 2 aromatic carbocycles. The first-order chi connectivity index (χ1) is 10.0. The summed E-state index contributed by atoms with van der Waals surface area (Å²) in [6.07, 6.45) is 0. The molecule has 1 unspecified atom stereocenters. The summed E-state index contributed by atoms with van der Waals surface area (Å²) in [5, 5.41) is 12.7. The van der Waals surface area contributed by atoms with Crippen LogP contribution in [-0.4, -0.2) is 18.1 Å². The number of ether oxygens (including phenoxy) is 1. The number of hydrogen-bond acceptors (Lipinski definition) is 4. The van der Waals surface area contributed by atoms with Crippen molar-refractivity contribution >= 4 is 11.6 Å². The van der Waals surface area contributed by atoms with Crippen LogP contribution in [-0.2, 0) is 4.79 Å². The third-order valence-corrected chi connectivity index (χ3v) is 3.18. The molecule has 1 atom stereocenters. The van der Waals surface area contributed by atoms with E-state index in [0.29, 0.717) is 11.3 Å². The molecule has 0 spiro atoms. The number of phenols is 1. The Bertz CT molecular complexity index is 638. The fourth-order valence-corrected chi connectivity index (χ4v) is 2.01. The summed E-state index contributed by atoms with van der Waals surface area (Å²) in [7, 11) is 1.45. The highest BCUT2D eigenvalue weighted by atomic mass is 16.5. The van der Waals surface area contributed by atoms with Gasteiger partial charge in [-0.05, 0) is 36.8 Å². The highest BCUT2D eigenvalue weighted by Crippen LogP contribution is 2.30. The zero-order valence-electron chi connectivity index (χ0n) is 12.0. The minimum atomic E-state index is -0.706. The third-order valence-electron chi connectivity index (χ3n) is 3.18. The van der Waals surface area contributed by atoms with Crippen molar-refractivity contribution in [2.45, 2.75) is 13.0 Å². The van der Waals surface area contributed by atoms with E-state index in [0.717, 1.165) is 11.3 Å². The highest BCUT2D eigenvalue weighted by molar-refractivity contribution is 5.84. The summed E-state index contributed by atoms with van der Waals surface area (Å²) in [5.41, 5.74) is 8.01. The Hall–Kier alpha value is -2.69. The Labute approximate surface area is 123 Å². The van der Waals surface area contributed by atoms with E-state index in [2.05, 4.69) is 5.32 Å². The number of benzene rings is 2. The Morgan fingerprint density at radius 2 is 1.90 bits per heavy atom. The van der Waals surface area contributed by atoms with Crippen LogP contribution in [0.1, 0.15) is 17.2 Å². The van der Waals surface area contributed by atoms with Crippen molar-refractivity contribution in [3.05, 3.63) is 53.6 Å². The van der Waals surface area contributed by atoms with Gasteiger partial charge in [0, 0.05) is 5.69 Å². The van der Waals surface area contributed by atoms with Crippen LogP contribution in [0.15, 0.2) is 42.5 Å². The molecule has 0 aliphatic rings. The van der Waals surface area contributed by atoms with Gasteiger partial charge < -0.3 is 20.9 Å². The van der Waals surface area contributed by atoms with Crippen LogP contribution < -0.4 is 15.8 Å². The number of anilines is 1. The number of phenolic OH excluding ortho intramolecular Hbond substituents is 1. The Morgan fingerprint density at radius 1 is 1.24 bits per heavy atom. The summed E-state index contributed by atoms with van der Waals surface area (Å²) in [5.74, 6) is -0.201. The van der Waals surface area contributed by atoms with Gasteiger partial charge in [0.05, 0.1) is 7.11 Å². The van der Waals surface area contributed by atoms with E-state index in [4.69, 9.17) is 10.5 Å². The minimum absolute atomic E-state index is 0.0137. The predicted molar refractivity (Wildman–Crippen MR) is 81.4 cm³/mol. The van der Waals surface area contributed by atoms with Gasteiger partial charge in [-0.15, -0.1) is 0 Å². The molecule has 1 amide bonds. The van der Waals surface area contributed by atoms with Gasteiger partial charge in [-0.2, -0.15) is 0 Å². The summed E-state index contributed by atoms with van der Waals surface area (Å²) >= 11 is 0. The molecule has 2 rings (SSSR count). The van der Waals surface area contributed by atoms with E-state index in [1.165, 1.54) is 13.2 Å². The van der Waals surface area contributed by atoms with E-state index >= 15 is 0 Å². The molecule has 5 heteroatoms. The topological polar surface area (TPSA) is 84.6 Å². The molecule has 0 fully saturated rings. The lowest BCUT2D eigenvalue weighted by Crippen LogP contribution is -2.27.